The highest BCUT2D eigenvalue weighted by Crippen LogP contribution is 2.28. The first-order valence-electron chi connectivity index (χ1n) is 7.24. The molecule has 1 N–H and O–H groups in total. The summed E-state index contributed by atoms with van der Waals surface area (Å²) in [6.07, 6.45) is 0.171. The second kappa shape index (κ2) is 6.83. The summed E-state index contributed by atoms with van der Waals surface area (Å²) in [4.78, 5) is 25.6. The molecule has 1 aliphatic rings. The second-order valence-electron chi connectivity index (χ2n) is 5.39. The van der Waals surface area contributed by atoms with E-state index in [9.17, 15) is 18.2 Å². The number of fused-ring (bicyclic) bond motifs is 1. The Morgan fingerprint density at radius 1 is 1.21 bits per heavy atom. The average Bonchev–Trinajstić information content (AvgIpc) is 2.67. The third-order valence-electron chi connectivity index (χ3n) is 3.79. The summed E-state index contributed by atoms with van der Waals surface area (Å²) in [5.74, 6) is -2.08. The van der Waals surface area contributed by atoms with Gasteiger partial charge in [0.25, 0.3) is 0 Å². The van der Waals surface area contributed by atoms with E-state index in [1.165, 1.54) is 30.3 Å². The molecule has 0 aliphatic carbocycles. The fourth-order valence-corrected chi connectivity index (χ4v) is 4.03. The lowest BCUT2D eigenvalue weighted by atomic mass is 9.94. The number of halogens is 2. The molecule has 1 heterocycles. The van der Waals surface area contributed by atoms with Gasteiger partial charge < -0.3 is 5.32 Å². The molecule has 0 spiro atoms. The standard InChI is InChI=1S/C17H13ClFNO3S/c18-10-1-6-15-14(9-10)16(21)13(7-8-24(15)23)17(22)20-12-4-2-11(19)3-5-12/h1-6,9,13H,7-8H2,(H,20,22). The summed E-state index contributed by atoms with van der Waals surface area (Å²) in [6.45, 7) is 0. The number of carbonyl (C=O) groups excluding carboxylic acids is 2. The van der Waals surface area contributed by atoms with Crippen LogP contribution in [0, 0.1) is 11.7 Å². The summed E-state index contributed by atoms with van der Waals surface area (Å²) in [6, 6.07) is 9.84. The molecule has 0 saturated carbocycles. The van der Waals surface area contributed by atoms with Crippen LogP contribution in [-0.2, 0) is 15.6 Å². The molecule has 124 valence electrons. The van der Waals surface area contributed by atoms with E-state index in [2.05, 4.69) is 5.32 Å². The summed E-state index contributed by atoms with van der Waals surface area (Å²) >= 11 is 5.93. The van der Waals surface area contributed by atoms with E-state index in [1.54, 1.807) is 12.1 Å². The van der Waals surface area contributed by atoms with E-state index < -0.39 is 34.2 Å². The molecule has 4 nitrogen and oxygen atoms in total. The van der Waals surface area contributed by atoms with E-state index in [1.807, 2.05) is 0 Å². The maximum atomic E-state index is 12.9. The molecule has 2 aromatic carbocycles. The first kappa shape index (κ1) is 16.8. The lowest BCUT2D eigenvalue weighted by Gasteiger charge is -2.13. The number of ketones is 1. The minimum absolute atomic E-state index is 0.171. The molecule has 7 heteroatoms. The van der Waals surface area contributed by atoms with Crippen LogP contribution in [0.25, 0.3) is 0 Å². The van der Waals surface area contributed by atoms with Crippen molar-refractivity contribution in [3.8, 4) is 0 Å². The minimum Gasteiger partial charge on any atom is -0.325 e. The number of nitrogens with one attached hydrogen (secondary N) is 1. The van der Waals surface area contributed by atoms with Gasteiger partial charge in [-0.05, 0) is 48.9 Å². The third-order valence-corrected chi connectivity index (χ3v) is 5.48. The van der Waals surface area contributed by atoms with Crippen molar-refractivity contribution < 1.29 is 18.2 Å². The van der Waals surface area contributed by atoms with Gasteiger partial charge in [0.2, 0.25) is 5.91 Å². The molecule has 1 amide bonds. The average molecular weight is 366 g/mol. The van der Waals surface area contributed by atoms with Gasteiger partial charge in [0.15, 0.2) is 5.78 Å². The fourth-order valence-electron chi connectivity index (χ4n) is 2.56. The summed E-state index contributed by atoms with van der Waals surface area (Å²) < 4.78 is 25.2. The van der Waals surface area contributed by atoms with Crippen LogP contribution in [0.4, 0.5) is 10.1 Å². The SMILES string of the molecule is O=C(Nc1ccc(F)cc1)C1CCS(=O)c2ccc(Cl)cc2C1=O. The van der Waals surface area contributed by atoms with Gasteiger partial charge in [-0.25, -0.2) is 4.39 Å². The highest BCUT2D eigenvalue weighted by molar-refractivity contribution is 7.85. The molecule has 0 saturated heterocycles. The second-order valence-corrected chi connectivity index (χ2v) is 7.37. The third kappa shape index (κ3) is 3.39. The maximum Gasteiger partial charge on any atom is 0.235 e. The molecule has 3 rings (SSSR count). The Balaban J connectivity index is 1.88. The normalized spacial score (nSPS) is 20.2. The van der Waals surface area contributed by atoms with Crippen molar-refractivity contribution in [3.63, 3.8) is 0 Å². The molecule has 1 aliphatic heterocycles. The lowest BCUT2D eigenvalue weighted by Crippen LogP contribution is -2.29. The molecular formula is C17H13ClFNO3S. The Morgan fingerprint density at radius 2 is 1.92 bits per heavy atom. The summed E-state index contributed by atoms with van der Waals surface area (Å²) in [5.41, 5.74) is 0.614. The minimum atomic E-state index is -1.36. The van der Waals surface area contributed by atoms with Crippen molar-refractivity contribution >= 4 is 39.8 Å². The largest absolute Gasteiger partial charge is 0.325 e. The zero-order valence-electron chi connectivity index (χ0n) is 12.4. The number of hydrogen-bond acceptors (Lipinski definition) is 3. The highest BCUT2D eigenvalue weighted by Gasteiger charge is 2.33. The van der Waals surface area contributed by atoms with Crippen LogP contribution >= 0.6 is 11.6 Å². The highest BCUT2D eigenvalue weighted by atomic mass is 35.5. The van der Waals surface area contributed by atoms with Gasteiger partial charge in [0, 0.05) is 26.9 Å². The molecule has 2 aromatic rings. The van der Waals surface area contributed by atoms with Gasteiger partial charge in [0.1, 0.15) is 11.7 Å². The van der Waals surface area contributed by atoms with E-state index in [0.29, 0.717) is 15.6 Å². The monoisotopic (exact) mass is 365 g/mol. The molecule has 0 aromatic heterocycles. The van der Waals surface area contributed by atoms with E-state index in [-0.39, 0.29) is 17.7 Å². The van der Waals surface area contributed by atoms with Gasteiger partial charge >= 0.3 is 0 Å². The first-order valence-corrected chi connectivity index (χ1v) is 8.94. The zero-order valence-corrected chi connectivity index (χ0v) is 14.0. The molecule has 0 fully saturated rings. The number of hydrogen-bond donors (Lipinski definition) is 1. The van der Waals surface area contributed by atoms with Crippen LogP contribution < -0.4 is 5.32 Å². The Bertz CT molecular complexity index is 838. The lowest BCUT2D eigenvalue weighted by molar-refractivity contribution is -0.118. The molecule has 0 radical (unpaired) electrons. The molecular weight excluding hydrogens is 353 g/mol. The Kier molecular flexibility index (Phi) is 4.78. The van der Waals surface area contributed by atoms with Gasteiger partial charge in [-0.1, -0.05) is 11.6 Å². The van der Waals surface area contributed by atoms with Crippen LogP contribution in [0.3, 0.4) is 0 Å². The molecule has 2 unspecified atom stereocenters. The van der Waals surface area contributed by atoms with Gasteiger partial charge in [-0.2, -0.15) is 0 Å². The maximum absolute atomic E-state index is 12.9. The fraction of sp³-hybridized carbons (Fsp3) is 0.176. The van der Waals surface area contributed by atoms with E-state index >= 15 is 0 Å². The number of anilines is 1. The van der Waals surface area contributed by atoms with Crippen molar-refractivity contribution in [3.05, 3.63) is 58.9 Å². The Hall–Kier alpha value is -2.05. The van der Waals surface area contributed by atoms with Gasteiger partial charge in [-0.15, -0.1) is 0 Å². The number of carbonyl (C=O) groups is 2. The van der Waals surface area contributed by atoms with Crippen molar-refractivity contribution in [1.82, 2.24) is 0 Å². The molecule has 24 heavy (non-hydrogen) atoms. The van der Waals surface area contributed by atoms with Crippen LogP contribution in [0.5, 0.6) is 0 Å². The molecule has 2 atom stereocenters. The summed E-state index contributed by atoms with van der Waals surface area (Å²) in [5, 5.41) is 2.94. The van der Waals surface area contributed by atoms with Crippen LogP contribution in [0.15, 0.2) is 47.4 Å². The van der Waals surface area contributed by atoms with Crippen LogP contribution in [0.2, 0.25) is 5.02 Å². The van der Waals surface area contributed by atoms with Crippen LogP contribution in [-0.4, -0.2) is 21.7 Å². The quantitative estimate of drug-likeness (QED) is 0.829. The summed E-state index contributed by atoms with van der Waals surface area (Å²) in [7, 11) is -1.36. The van der Waals surface area contributed by atoms with Crippen molar-refractivity contribution in [2.45, 2.75) is 11.3 Å². The first-order chi connectivity index (χ1) is 11.5. The topological polar surface area (TPSA) is 63.2 Å². The molecule has 0 bridgehead atoms. The number of Topliss-reactive ketones (excluding diaryl/α,β-unsaturated/α-hetero) is 1. The van der Waals surface area contributed by atoms with Crippen LogP contribution in [0.1, 0.15) is 16.8 Å². The smallest absolute Gasteiger partial charge is 0.235 e. The van der Waals surface area contributed by atoms with Crippen molar-refractivity contribution in [2.75, 3.05) is 11.1 Å². The van der Waals surface area contributed by atoms with Crippen molar-refractivity contribution in [1.29, 1.82) is 0 Å². The van der Waals surface area contributed by atoms with Gasteiger partial charge in [-0.3, -0.25) is 13.8 Å². The predicted octanol–water partition coefficient (Wildman–Crippen LogP) is 3.43. The number of amides is 1. The number of rotatable bonds is 2. The van der Waals surface area contributed by atoms with E-state index in [4.69, 9.17) is 11.6 Å². The Morgan fingerprint density at radius 3 is 2.62 bits per heavy atom. The van der Waals surface area contributed by atoms with Crippen molar-refractivity contribution in [2.24, 2.45) is 5.92 Å². The van der Waals surface area contributed by atoms with Gasteiger partial charge in [0.05, 0.1) is 10.8 Å². The Labute approximate surface area is 145 Å². The van der Waals surface area contributed by atoms with E-state index in [0.717, 1.165) is 0 Å². The number of benzene rings is 2. The zero-order chi connectivity index (χ0) is 17.3. The predicted molar refractivity (Wildman–Crippen MR) is 90.2 cm³/mol.